The maximum absolute atomic E-state index is 11.5. The minimum absolute atomic E-state index is 0.0288. The standard InChI is InChI=1S/C22H40O2/c1-16(2)8-6-9-17(3)19-12-13-20-18(11-14-21(23)24-5)10-7-15-22(19,20)4/h16-20H,6-15H2,1-5H3/t17-,18+,19-,20+,22-/m1/s1. The summed E-state index contributed by atoms with van der Waals surface area (Å²) < 4.78 is 4.86. The van der Waals surface area contributed by atoms with Crippen molar-refractivity contribution < 1.29 is 9.53 Å². The molecule has 0 N–H and O–H groups in total. The molecule has 0 amide bonds. The van der Waals surface area contributed by atoms with E-state index < -0.39 is 0 Å². The Labute approximate surface area is 150 Å². The van der Waals surface area contributed by atoms with E-state index in [2.05, 4.69) is 27.7 Å². The zero-order valence-electron chi connectivity index (χ0n) is 16.8. The van der Waals surface area contributed by atoms with Gasteiger partial charge in [-0.15, -0.1) is 0 Å². The van der Waals surface area contributed by atoms with Crippen molar-refractivity contribution in [3.63, 3.8) is 0 Å². The predicted molar refractivity (Wildman–Crippen MR) is 101 cm³/mol. The summed E-state index contributed by atoms with van der Waals surface area (Å²) in [5, 5.41) is 0. The van der Waals surface area contributed by atoms with E-state index in [9.17, 15) is 4.79 Å². The van der Waals surface area contributed by atoms with Gasteiger partial charge in [0.05, 0.1) is 7.11 Å². The Morgan fingerprint density at radius 2 is 1.92 bits per heavy atom. The summed E-state index contributed by atoms with van der Waals surface area (Å²) in [5.74, 6) is 4.15. The van der Waals surface area contributed by atoms with E-state index >= 15 is 0 Å². The van der Waals surface area contributed by atoms with Gasteiger partial charge in [-0.05, 0) is 60.7 Å². The molecule has 2 rings (SSSR count). The van der Waals surface area contributed by atoms with Crippen LogP contribution in [-0.2, 0) is 9.53 Å². The molecule has 140 valence electrons. The number of carbonyl (C=O) groups excluding carboxylic acids is 1. The molecule has 0 bridgehead atoms. The molecule has 0 aromatic heterocycles. The van der Waals surface area contributed by atoms with Crippen LogP contribution < -0.4 is 0 Å². The molecule has 0 unspecified atom stereocenters. The molecule has 0 radical (unpaired) electrons. The third-order valence-electron chi connectivity index (χ3n) is 7.42. The van der Waals surface area contributed by atoms with Crippen molar-refractivity contribution in [1.82, 2.24) is 0 Å². The maximum Gasteiger partial charge on any atom is 0.305 e. The quantitative estimate of drug-likeness (QED) is 0.491. The highest BCUT2D eigenvalue weighted by molar-refractivity contribution is 5.69. The lowest BCUT2D eigenvalue weighted by Crippen LogP contribution is -2.39. The zero-order chi connectivity index (χ0) is 17.7. The number of hydrogen-bond donors (Lipinski definition) is 0. The second kappa shape index (κ2) is 8.72. The molecule has 0 aliphatic heterocycles. The van der Waals surface area contributed by atoms with E-state index in [0.29, 0.717) is 11.8 Å². The van der Waals surface area contributed by atoms with Gasteiger partial charge in [-0.3, -0.25) is 4.79 Å². The number of esters is 1. The average Bonchev–Trinajstić information content (AvgIpc) is 2.89. The highest BCUT2D eigenvalue weighted by Gasteiger charge is 2.51. The molecule has 2 aliphatic carbocycles. The Morgan fingerprint density at radius 3 is 2.58 bits per heavy atom. The van der Waals surface area contributed by atoms with Crippen molar-refractivity contribution in [2.45, 2.75) is 91.9 Å². The monoisotopic (exact) mass is 336 g/mol. The first-order valence-electron chi connectivity index (χ1n) is 10.4. The average molecular weight is 337 g/mol. The number of ether oxygens (including phenoxy) is 1. The Kier molecular flexibility index (Phi) is 7.19. The summed E-state index contributed by atoms with van der Waals surface area (Å²) in [4.78, 5) is 11.5. The topological polar surface area (TPSA) is 26.3 Å². The minimum Gasteiger partial charge on any atom is -0.469 e. The molecule has 2 nitrogen and oxygen atoms in total. The Morgan fingerprint density at radius 1 is 1.17 bits per heavy atom. The number of hydrogen-bond acceptors (Lipinski definition) is 2. The van der Waals surface area contributed by atoms with Crippen LogP contribution in [-0.4, -0.2) is 13.1 Å². The molecule has 0 aromatic carbocycles. The van der Waals surface area contributed by atoms with Gasteiger partial charge >= 0.3 is 5.97 Å². The van der Waals surface area contributed by atoms with Crippen molar-refractivity contribution in [3.05, 3.63) is 0 Å². The summed E-state index contributed by atoms with van der Waals surface area (Å²) in [5.41, 5.74) is 0.524. The fraction of sp³-hybridized carbons (Fsp3) is 0.955. The Bertz CT molecular complexity index is 403. The van der Waals surface area contributed by atoms with Gasteiger partial charge in [0.25, 0.3) is 0 Å². The molecular weight excluding hydrogens is 296 g/mol. The van der Waals surface area contributed by atoms with Crippen LogP contribution in [0.25, 0.3) is 0 Å². The van der Waals surface area contributed by atoms with Gasteiger partial charge in [0, 0.05) is 6.42 Å². The minimum atomic E-state index is -0.0288. The van der Waals surface area contributed by atoms with Crippen LogP contribution in [0.2, 0.25) is 0 Å². The normalized spacial score (nSPS) is 34.2. The Hall–Kier alpha value is -0.530. The van der Waals surface area contributed by atoms with Gasteiger partial charge in [0.1, 0.15) is 0 Å². The van der Waals surface area contributed by atoms with E-state index in [1.54, 1.807) is 0 Å². The molecular formula is C22H40O2. The smallest absolute Gasteiger partial charge is 0.305 e. The van der Waals surface area contributed by atoms with Gasteiger partial charge in [0.2, 0.25) is 0 Å². The van der Waals surface area contributed by atoms with Crippen molar-refractivity contribution >= 4 is 5.97 Å². The van der Waals surface area contributed by atoms with Crippen molar-refractivity contribution in [1.29, 1.82) is 0 Å². The number of carbonyl (C=O) groups is 1. The molecule has 2 saturated carbocycles. The largest absolute Gasteiger partial charge is 0.469 e. The second-order valence-corrected chi connectivity index (χ2v) is 9.37. The van der Waals surface area contributed by atoms with Crippen molar-refractivity contribution in [3.8, 4) is 0 Å². The van der Waals surface area contributed by atoms with Gasteiger partial charge in [-0.2, -0.15) is 0 Å². The maximum atomic E-state index is 11.5. The molecule has 24 heavy (non-hydrogen) atoms. The number of methoxy groups -OCH3 is 1. The van der Waals surface area contributed by atoms with E-state index in [4.69, 9.17) is 4.74 Å². The van der Waals surface area contributed by atoms with Crippen LogP contribution in [0.5, 0.6) is 0 Å². The summed E-state index contributed by atoms with van der Waals surface area (Å²) in [7, 11) is 1.51. The molecule has 5 atom stereocenters. The van der Waals surface area contributed by atoms with Crippen LogP contribution in [0.4, 0.5) is 0 Å². The van der Waals surface area contributed by atoms with E-state index in [0.717, 1.165) is 36.0 Å². The summed E-state index contributed by atoms with van der Waals surface area (Å²) in [6.45, 7) is 9.77. The van der Waals surface area contributed by atoms with Crippen LogP contribution in [0.1, 0.15) is 91.9 Å². The molecule has 0 spiro atoms. The first-order chi connectivity index (χ1) is 11.4. The molecule has 2 heteroatoms. The van der Waals surface area contributed by atoms with Gasteiger partial charge in [0.15, 0.2) is 0 Å². The third kappa shape index (κ3) is 4.55. The van der Waals surface area contributed by atoms with E-state index in [1.807, 2.05) is 0 Å². The van der Waals surface area contributed by atoms with Crippen molar-refractivity contribution in [2.75, 3.05) is 7.11 Å². The van der Waals surface area contributed by atoms with Crippen LogP contribution in [0.15, 0.2) is 0 Å². The lowest BCUT2D eigenvalue weighted by molar-refractivity contribution is -0.141. The molecule has 0 heterocycles. The number of rotatable bonds is 8. The Balaban J connectivity index is 1.94. The highest BCUT2D eigenvalue weighted by Crippen LogP contribution is 2.60. The first kappa shape index (κ1) is 19.8. The molecule has 2 fully saturated rings. The summed E-state index contributed by atoms with van der Waals surface area (Å²) in [6.07, 6.45) is 12.7. The molecule has 2 aliphatic rings. The van der Waals surface area contributed by atoms with Crippen molar-refractivity contribution in [2.24, 2.45) is 35.0 Å². The predicted octanol–water partition coefficient (Wildman–Crippen LogP) is 6.23. The third-order valence-corrected chi connectivity index (χ3v) is 7.42. The highest BCUT2D eigenvalue weighted by atomic mass is 16.5. The lowest BCUT2D eigenvalue weighted by Gasteiger charge is -2.47. The van der Waals surface area contributed by atoms with Crippen LogP contribution >= 0.6 is 0 Å². The van der Waals surface area contributed by atoms with E-state index in [1.165, 1.54) is 58.5 Å². The zero-order valence-corrected chi connectivity index (χ0v) is 16.8. The second-order valence-electron chi connectivity index (χ2n) is 9.37. The van der Waals surface area contributed by atoms with Gasteiger partial charge in [-0.25, -0.2) is 0 Å². The summed E-state index contributed by atoms with van der Waals surface area (Å²) in [6, 6.07) is 0. The van der Waals surface area contributed by atoms with Gasteiger partial charge < -0.3 is 4.74 Å². The van der Waals surface area contributed by atoms with Crippen LogP contribution in [0.3, 0.4) is 0 Å². The van der Waals surface area contributed by atoms with E-state index in [-0.39, 0.29) is 5.97 Å². The molecule has 0 aromatic rings. The SMILES string of the molecule is COC(=O)CC[C@@H]1CCC[C@]2(C)[C@@H]([C@H](C)CCCC(C)C)CC[C@@H]12. The summed E-state index contributed by atoms with van der Waals surface area (Å²) >= 11 is 0. The number of fused-ring (bicyclic) bond motifs is 1. The van der Waals surface area contributed by atoms with Crippen LogP contribution in [0, 0.1) is 35.0 Å². The lowest BCUT2D eigenvalue weighted by atomic mass is 9.58. The van der Waals surface area contributed by atoms with Gasteiger partial charge in [-0.1, -0.05) is 59.8 Å². The fourth-order valence-electron chi connectivity index (χ4n) is 6.12. The first-order valence-corrected chi connectivity index (χ1v) is 10.4. The fourth-order valence-corrected chi connectivity index (χ4v) is 6.12. The molecule has 0 saturated heterocycles.